The molecule has 30 heavy (non-hydrogen) atoms. The minimum Gasteiger partial charge on any atom is -0.478 e. The number of aromatic nitrogens is 2. The maximum atomic E-state index is 12.8. The predicted octanol–water partition coefficient (Wildman–Crippen LogP) is 3.26. The standard InChI is InChI=1S/C20H34BN3O6/c1-17(2,3)27-16(25)24(30-18(4,5)6)14-15(26-11)23-13(12-22-14)21-28-19(7,8)20(9,10)29-21/h12H,1-11H3. The van der Waals surface area contributed by atoms with Crippen LogP contribution in [0.5, 0.6) is 5.88 Å². The lowest BCUT2D eigenvalue weighted by molar-refractivity contribution is -0.0369. The van der Waals surface area contributed by atoms with E-state index >= 15 is 0 Å². The van der Waals surface area contributed by atoms with E-state index < -0.39 is 35.6 Å². The Morgan fingerprint density at radius 3 is 2.00 bits per heavy atom. The van der Waals surface area contributed by atoms with Gasteiger partial charge in [-0.2, -0.15) is 0 Å². The molecule has 0 aliphatic carbocycles. The first-order valence-electron chi connectivity index (χ1n) is 9.94. The van der Waals surface area contributed by atoms with Gasteiger partial charge >= 0.3 is 13.2 Å². The number of hydroxylamine groups is 1. The highest BCUT2D eigenvalue weighted by molar-refractivity contribution is 6.61. The van der Waals surface area contributed by atoms with E-state index in [1.54, 1.807) is 20.8 Å². The molecule has 1 aromatic rings. The second kappa shape index (κ2) is 7.98. The number of amides is 1. The van der Waals surface area contributed by atoms with E-state index in [0.29, 0.717) is 5.59 Å². The van der Waals surface area contributed by atoms with Crippen molar-refractivity contribution in [3.8, 4) is 5.88 Å². The molecule has 1 aliphatic rings. The zero-order valence-corrected chi connectivity index (χ0v) is 19.9. The van der Waals surface area contributed by atoms with Gasteiger partial charge in [0, 0.05) is 6.20 Å². The number of nitrogens with zero attached hydrogens (tertiary/aromatic N) is 3. The molecule has 0 saturated carbocycles. The summed E-state index contributed by atoms with van der Waals surface area (Å²) in [6.45, 7) is 18.5. The van der Waals surface area contributed by atoms with Crippen LogP contribution in [0.25, 0.3) is 0 Å². The summed E-state index contributed by atoms with van der Waals surface area (Å²) in [6, 6.07) is 0. The first-order chi connectivity index (χ1) is 13.5. The Hall–Kier alpha value is -1.91. The van der Waals surface area contributed by atoms with Crippen molar-refractivity contribution in [3.05, 3.63) is 6.20 Å². The van der Waals surface area contributed by atoms with Gasteiger partial charge < -0.3 is 18.8 Å². The zero-order chi connectivity index (χ0) is 23.1. The largest absolute Gasteiger partial charge is 0.516 e. The lowest BCUT2D eigenvalue weighted by atomic mass is 9.85. The molecule has 2 heterocycles. The Kier molecular flexibility index (Phi) is 6.48. The number of methoxy groups -OCH3 is 1. The van der Waals surface area contributed by atoms with Gasteiger partial charge in [0.25, 0.3) is 5.88 Å². The molecular formula is C20H34BN3O6. The summed E-state index contributed by atoms with van der Waals surface area (Å²) in [5, 5.41) is 0.963. The molecule has 0 radical (unpaired) electrons. The van der Waals surface area contributed by atoms with Gasteiger partial charge in [0.1, 0.15) is 5.60 Å². The van der Waals surface area contributed by atoms with Crippen molar-refractivity contribution in [1.29, 1.82) is 0 Å². The number of carbonyl (C=O) groups excluding carboxylic acids is 1. The Labute approximate surface area is 179 Å². The molecule has 0 unspecified atom stereocenters. The summed E-state index contributed by atoms with van der Waals surface area (Å²) in [4.78, 5) is 27.5. The number of hydrogen-bond donors (Lipinski definition) is 0. The van der Waals surface area contributed by atoms with Gasteiger partial charge in [0.15, 0.2) is 0 Å². The Bertz CT molecular complexity index is 770. The highest BCUT2D eigenvalue weighted by Crippen LogP contribution is 2.36. The van der Waals surface area contributed by atoms with Crippen LogP contribution in [0.3, 0.4) is 0 Å². The second-order valence-corrected chi connectivity index (χ2v) is 10.2. The fourth-order valence-electron chi connectivity index (χ4n) is 2.48. The van der Waals surface area contributed by atoms with Crippen LogP contribution in [-0.4, -0.2) is 52.7 Å². The highest BCUT2D eigenvalue weighted by atomic mass is 16.7. The van der Waals surface area contributed by atoms with Crippen molar-refractivity contribution in [2.45, 2.75) is 91.6 Å². The molecule has 1 saturated heterocycles. The number of anilines is 1. The Morgan fingerprint density at radius 1 is 1.03 bits per heavy atom. The van der Waals surface area contributed by atoms with Gasteiger partial charge in [-0.25, -0.2) is 14.8 Å². The van der Waals surface area contributed by atoms with Crippen molar-refractivity contribution in [2.24, 2.45) is 0 Å². The topological polar surface area (TPSA) is 92.2 Å². The molecule has 1 fully saturated rings. The molecule has 0 N–H and O–H groups in total. The fourth-order valence-corrected chi connectivity index (χ4v) is 2.48. The molecular weight excluding hydrogens is 389 g/mol. The fraction of sp³-hybridized carbons (Fsp3) is 0.750. The van der Waals surface area contributed by atoms with Crippen molar-refractivity contribution >= 4 is 24.6 Å². The van der Waals surface area contributed by atoms with Gasteiger partial charge in [0.2, 0.25) is 5.82 Å². The van der Waals surface area contributed by atoms with E-state index in [-0.39, 0.29) is 11.7 Å². The minimum atomic E-state index is -0.728. The minimum absolute atomic E-state index is 0.0712. The molecule has 0 spiro atoms. The number of rotatable bonds is 4. The maximum Gasteiger partial charge on any atom is 0.516 e. The van der Waals surface area contributed by atoms with Gasteiger partial charge in [0.05, 0.1) is 29.5 Å². The zero-order valence-electron chi connectivity index (χ0n) is 19.9. The van der Waals surface area contributed by atoms with Crippen LogP contribution in [0.1, 0.15) is 69.2 Å². The lowest BCUT2D eigenvalue weighted by Crippen LogP contribution is -2.43. The van der Waals surface area contributed by atoms with Crippen LogP contribution in [0, 0.1) is 0 Å². The Morgan fingerprint density at radius 2 is 1.57 bits per heavy atom. The quantitative estimate of drug-likeness (QED) is 0.538. The van der Waals surface area contributed by atoms with Gasteiger partial charge in [-0.1, -0.05) is 0 Å². The Balaban J connectivity index is 2.42. The van der Waals surface area contributed by atoms with E-state index in [1.165, 1.54) is 13.3 Å². The average Bonchev–Trinajstić information content (AvgIpc) is 2.77. The molecule has 0 bridgehead atoms. The smallest absolute Gasteiger partial charge is 0.478 e. The molecule has 0 aromatic carbocycles. The summed E-state index contributed by atoms with van der Waals surface area (Å²) in [5.41, 5.74) is -2.05. The predicted molar refractivity (Wildman–Crippen MR) is 114 cm³/mol. The van der Waals surface area contributed by atoms with Gasteiger partial charge in [-0.3, -0.25) is 4.84 Å². The number of hydrogen-bond acceptors (Lipinski definition) is 8. The van der Waals surface area contributed by atoms with Crippen LogP contribution < -0.4 is 15.4 Å². The highest BCUT2D eigenvalue weighted by Gasteiger charge is 2.52. The van der Waals surface area contributed by atoms with Crippen molar-refractivity contribution in [2.75, 3.05) is 12.2 Å². The maximum absolute atomic E-state index is 12.8. The van der Waals surface area contributed by atoms with Gasteiger partial charge in [-0.05, 0) is 69.2 Å². The molecule has 2 rings (SSSR count). The van der Waals surface area contributed by atoms with E-state index in [4.69, 9.17) is 23.6 Å². The van der Waals surface area contributed by atoms with Crippen LogP contribution >= 0.6 is 0 Å². The lowest BCUT2D eigenvalue weighted by Gasteiger charge is -2.32. The van der Waals surface area contributed by atoms with Crippen molar-refractivity contribution in [3.63, 3.8) is 0 Å². The number of ether oxygens (including phenoxy) is 2. The van der Waals surface area contributed by atoms with Crippen LogP contribution in [0.2, 0.25) is 0 Å². The monoisotopic (exact) mass is 423 g/mol. The molecule has 1 aromatic heterocycles. The third-order valence-corrected chi connectivity index (χ3v) is 4.55. The van der Waals surface area contributed by atoms with Crippen LogP contribution in [-0.2, 0) is 18.9 Å². The van der Waals surface area contributed by atoms with Crippen LogP contribution in [0.4, 0.5) is 10.6 Å². The number of carbonyl (C=O) groups is 1. The van der Waals surface area contributed by atoms with Crippen molar-refractivity contribution < 1.29 is 28.4 Å². The van der Waals surface area contributed by atoms with Crippen LogP contribution in [0.15, 0.2) is 6.20 Å². The summed E-state index contributed by atoms with van der Waals surface area (Å²) >= 11 is 0. The molecule has 1 amide bonds. The normalized spacial score (nSPS) is 18.3. The summed E-state index contributed by atoms with van der Waals surface area (Å²) < 4.78 is 22.9. The first kappa shape index (κ1) is 24.4. The second-order valence-electron chi connectivity index (χ2n) is 10.2. The van der Waals surface area contributed by atoms with E-state index in [0.717, 1.165) is 5.06 Å². The molecule has 0 atom stereocenters. The van der Waals surface area contributed by atoms with E-state index in [1.807, 2.05) is 48.5 Å². The molecule has 10 heteroatoms. The van der Waals surface area contributed by atoms with Gasteiger partial charge in [-0.15, -0.1) is 5.06 Å². The van der Waals surface area contributed by atoms with E-state index in [2.05, 4.69) is 9.97 Å². The third-order valence-electron chi connectivity index (χ3n) is 4.55. The van der Waals surface area contributed by atoms with E-state index in [9.17, 15) is 4.79 Å². The molecule has 9 nitrogen and oxygen atoms in total. The third kappa shape index (κ3) is 5.62. The summed E-state index contributed by atoms with van der Waals surface area (Å²) in [6.07, 6.45) is 0.747. The SMILES string of the molecule is COc1nc(B2OC(C)(C)C(C)(C)O2)cnc1N(OC(C)(C)C)C(=O)OC(C)(C)C. The first-order valence-corrected chi connectivity index (χ1v) is 9.94. The molecule has 1 aliphatic heterocycles. The summed E-state index contributed by atoms with van der Waals surface area (Å²) in [5.74, 6) is 0.152. The average molecular weight is 423 g/mol. The summed E-state index contributed by atoms with van der Waals surface area (Å²) in [7, 11) is 0.718. The van der Waals surface area contributed by atoms with Crippen molar-refractivity contribution in [1.82, 2.24) is 9.97 Å². The molecule has 168 valence electrons.